The Morgan fingerprint density at radius 2 is 1.88 bits per heavy atom. The lowest BCUT2D eigenvalue weighted by Crippen LogP contribution is -2.26. The molecule has 12 heteroatoms. The van der Waals surface area contributed by atoms with Gasteiger partial charge in [-0.05, 0) is 66.2 Å². The summed E-state index contributed by atoms with van der Waals surface area (Å²) in [5.41, 5.74) is 1.11. The lowest BCUT2D eigenvalue weighted by Gasteiger charge is -2.18. The Bertz CT molecular complexity index is 1900. The van der Waals surface area contributed by atoms with Gasteiger partial charge >= 0.3 is 5.97 Å². The molecule has 216 valence electrons. The number of ether oxygens (including phenoxy) is 4. The first-order chi connectivity index (χ1) is 20.3. The summed E-state index contributed by atoms with van der Waals surface area (Å²) in [4.78, 5) is 30.5. The molecule has 5 rings (SSSR count). The van der Waals surface area contributed by atoms with Crippen LogP contribution in [0, 0.1) is 0 Å². The molecule has 3 aromatic carbocycles. The van der Waals surface area contributed by atoms with Crippen molar-refractivity contribution < 1.29 is 28.2 Å². The van der Waals surface area contributed by atoms with Gasteiger partial charge in [-0.2, -0.15) is 9.78 Å². The third-order valence-electron chi connectivity index (χ3n) is 6.32. The Morgan fingerprint density at radius 3 is 2.62 bits per heavy atom. The van der Waals surface area contributed by atoms with Gasteiger partial charge in [0.05, 0.1) is 43.3 Å². The van der Waals surface area contributed by atoms with Gasteiger partial charge in [-0.25, -0.2) is 9.78 Å². The van der Waals surface area contributed by atoms with E-state index < -0.39 is 17.6 Å². The molecule has 0 bridgehead atoms. The molecule has 42 heavy (non-hydrogen) atoms. The van der Waals surface area contributed by atoms with Crippen LogP contribution in [0.25, 0.3) is 33.5 Å². The van der Waals surface area contributed by atoms with Gasteiger partial charge in [0.15, 0.2) is 23.4 Å². The van der Waals surface area contributed by atoms with Crippen LogP contribution in [-0.2, 0) is 9.53 Å². The Kier molecular flexibility index (Phi) is 8.51. The monoisotopic (exact) mass is 653 g/mol. The van der Waals surface area contributed by atoms with Crippen LogP contribution >= 0.6 is 27.5 Å². The highest BCUT2D eigenvalue weighted by molar-refractivity contribution is 9.10. The van der Waals surface area contributed by atoms with E-state index in [2.05, 4.69) is 21.0 Å². The number of methoxy groups -OCH3 is 2. The van der Waals surface area contributed by atoms with Crippen molar-refractivity contribution in [2.24, 2.45) is 5.10 Å². The van der Waals surface area contributed by atoms with Crippen molar-refractivity contribution in [2.45, 2.75) is 20.0 Å². The zero-order valence-electron chi connectivity index (χ0n) is 23.0. The van der Waals surface area contributed by atoms with Crippen LogP contribution in [-0.4, -0.2) is 48.8 Å². The van der Waals surface area contributed by atoms with Gasteiger partial charge in [0.2, 0.25) is 5.82 Å². The smallest absolute Gasteiger partial charge is 0.347 e. The fourth-order valence-corrected chi connectivity index (χ4v) is 4.92. The Labute approximate surface area is 253 Å². The van der Waals surface area contributed by atoms with Gasteiger partial charge in [-0.15, -0.1) is 0 Å². The maximum Gasteiger partial charge on any atom is 0.347 e. The van der Waals surface area contributed by atoms with Crippen LogP contribution in [0.2, 0.25) is 5.02 Å². The molecule has 10 nitrogen and oxygen atoms in total. The van der Waals surface area contributed by atoms with Crippen LogP contribution in [0.15, 0.2) is 73.4 Å². The molecule has 5 aromatic rings. The minimum Gasteiger partial charge on any atom is -0.496 e. The summed E-state index contributed by atoms with van der Waals surface area (Å²) in [7, 11) is 3.01. The quantitative estimate of drug-likeness (QED) is 0.132. The molecule has 0 saturated heterocycles. The molecule has 0 aliphatic heterocycles. The number of carbonyl (C=O) groups is 1. The Hall–Kier alpha value is -4.35. The number of aromatic nitrogens is 2. The van der Waals surface area contributed by atoms with E-state index in [1.807, 2.05) is 12.1 Å². The predicted octanol–water partition coefficient (Wildman–Crippen LogP) is 6.46. The van der Waals surface area contributed by atoms with Crippen molar-refractivity contribution in [3.63, 3.8) is 0 Å². The lowest BCUT2D eigenvalue weighted by atomic mass is 10.2. The summed E-state index contributed by atoms with van der Waals surface area (Å²) in [5.74, 6) is 0.966. The normalized spacial score (nSPS) is 12.1. The second-order valence-electron chi connectivity index (χ2n) is 8.93. The molecule has 0 saturated carbocycles. The lowest BCUT2D eigenvalue weighted by molar-refractivity contribution is -0.150. The average Bonchev–Trinajstić information content (AvgIpc) is 3.44. The van der Waals surface area contributed by atoms with E-state index in [1.54, 1.807) is 63.4 Å². The topological polar surface area (TPSA) is 114 Å². The number of furan rings is 1. The fraction of sp³-hybridized carbons (Fsp3) is 0.200. The summed E-state index contributed by atoms with van der Waals surface area (Å²) in [5, 5.41) is 5.74. The minimum atomic E-state index is -0.935. The number of esters is 1. The van der Waals surface area contributed by atoms with Gasteiger partial charge in [0.1, 0.15) is 16.4 Å². The number of rotatable bonds is 9. The van der Waals surface area contributed by atoms with Crippen molar-refractivity contribution >= 4 is 61.6 Å². The molecule has 0 unspecified atom stereocenters. The molecule has 0 amide bonds. The standard InChI is InChI=1S/C30H25BrClN3O7/c1-5-40-30(37)16(2)41-27-23(39-4)13-17(25(31)26(27)32)15-33-35-28(34-20-10-7-6-9-18(20)29(35)36)24-14-19-21(38-3)11-8-12-22(19)42-24/h6-16H,5H2,1-4H3/t16-/m1/s1. The number of hydrogen-bond donors (Lipinski definition) is 0. The van der Waals surface area contributed by atoms with Crippen molar-refractivity contribution in [3.05, 3.63) is 80.0 Å². The third-order valence-corrected chi connectivity index (χ3v) is 7.76. The molecule has 2 aromatic heterocycles. The number of hydrogen-bond acceptors (Lipinski definition) is 9. The van der Waals surface area contributed by atoms with Gasteiger partial charge in [-0.1, -0.05) is 29.8 Å². The molecule has 0 N–H and O–H groups in total. The van der Waals surface area contributed by atoms with Gasteiger partial charge in [0, 0.05) is 10.0 Å². The largest absolute Gasteiger partial charge is 0.496 e. The SMILES string of the molecule is CCOC(=O)[C@@H](C)Oc1c(OC)cc(C=Nn2c(-c3cc4c(OC)cccc4o3)nc3ccccc3c2=O)c(Br)c1Cl. The van der Waals surface area contributed by atoms with E-state index >= 15 is 0 Å². The second-order valence-corrected chi connectivity index (χ2v) is 10.1. The van der Waals surface area contributed by atoms with Crippen LogP contribution in [0.1, 0.15) is 19.4 Å². The molecule has 1 atom stereocenters. The molecule has 0 radical (unpaired) electrons. The van der Waals surface area contributed by atoms with Crippen molar-refractivity contribution in [1.82, 2.24) is 9.66 Å². The van der Waals surface area contributed by atoms with Crippen LogP contribution < -0.4 is 19.8 Å². The van der Waals surface area contributed by atoms with E-state index in [9.17, 15) is 9.59 Å². The number of halogens is 2. The number of carbonyl (C=O) groups excluding carboxylic acids is 1. The molecule has 2 heterocycles. The zero-order chi connectivity index (χ0) is 30.0. The third kappa shape index (κ3) is 5.45. The fourth-order valence-electron chi connectivity index (χ4n) is 4.28. The van der Waals surface area contributed by atoms with E-state index in [0.29, 0.717) is 38.0 Å². The highest BCUT2D eigenvalue weighted by Crippen LogP contribution is 2.42. The molecule has 0 fully saturated rings. The number of fused-ring (bicyclic) bond motifs is 2. The molecule has 0 aliphatic rings. The molecular weight excluding hydrogens is 630 g/mol. The summed E-state index contributed by atoms with van der Waals surface area (Å²) in [6, 6.07) is 15.8. The van der Waals surface area contributed by atoms with Gasteiger partial charge < -0.3 is 23.4 Å². The highest BCUT2D eigenvalue weighted by Gasteiger charge is 2.23. The Balaban J connectivity index is 1.63. The van der Waals surface area contributed by atoms with Crippen molar-refractivity contribution in [3.8, 4) is 28.8 Å². The van der Waals surface area contributed by atoms with Crippen LogP contribution in [0.4, 0.5) is 0 Å². The summed E-state index contributed by atoms with van der Waals surface area (Å²) >= 11 is 10.1. The van der Waals surface area contributed by atoms with Crippen molar-refractivity contribution in [2.75, 3.05) is 20.8 Å². The van der Waals surface area contributed by atoms with E-state index in [1.165, 1.54) is 13.3 Å². The summed E-state index contributed by atoms with van der Waals surface area (Å²) in [6.07, 6.45) is 0.497. The molecule has 0 aliphatic carbocycles. The molecular formula is C30H25BrClN3O7. The zero-order valence-corrected chi connectivity index (χ0v) is 25.4. The number of benzene rings is 3. The van der Waals surface area contributed by atoms with Gasteiger partial charge in [0.25, 0.3) is 5.56 Å². The average molecular weight is 655 g/mol. The first-order valence-electron chi connectivity index (χ1n) is 12.8. The maximum absolute atomic E-state index is 13.7. The van der Waals surface area contributed by atoms with E-state index in [4.69, 9.17) is 39.9 Å². The first kappa shape index (κ1) is 29.2. The predicted molar refractivity (Wildman–Crippen MR) is 163 cm³/mol. The Morgan fingerprint density at radius 1 is 1.12 bits per heavy atom. The van der Waals surface area contributed by atoms with E-state index in [0.717, 1.165) is 10.1 Å². The second kappa shape index (κ2) is 12.3. The highest BCUT2D eigenvalue weighted by atomic mass is 79.9. The van der Waals surface area contributed by atoms with Gasteiger partial charge in [-0.3, -0.25) is 4.79 Å². The summed E-state index contributed by atoms with van der Waals surface area (Å²) in [6.45, 7) is 3.46. The van der Waals surface area contributed by atoms with Crippen LogP contribution in [0.5, 0.6) is 17.2 Å². The van der Waals surface area contributed by atoms with Crippen molar-refractivity contribution in [1.29, 1.82) is 0 Å². The number of nitrogens with zero attached hydrogens (tertiary/aromatic N) is 3. The minimum absolute atomic E-state index is 0.139. The number of para-hydroxylation sites is 1. The molecule has 0 spiro atoms. The van der Waals surface area contributed by atoms with Crippen LogP contribution in [0.3, 0.4) is 0 Å². The first-order valence-corrected chi connectivity index (χ1v) is 14.0. The summed E-state index contributed by atoms with van der Waals surface area (Å²) < 4.78 is 29.4. The van der Waals surface area contributed by atoms with E-state index in [-0.39, 0.29) is 29.0 Å². The maximum atomic E-state index is 13.7.